The van der Waals surface area contributed by atoms with Crippen LogP contribution >= 0.6 is 0 Å². The lowest BCUT2D eigenvalue weighted by atomic mass is 9.84. The van der Waals surface area contributed by atoms with Gasteiger partial charge >= 0.3 is 11.9 Å². The molecule has 8 heteroatoms. The fourth-order valence-corrected chi connectivity index (χ4v) is 3.21. The molecule has 0 radical (unpaired) electrons. The number of esters is 2. The van der Waals surface area contributed by atoms with Gasteiger partial charge in [0, 0.05) is 23.7 Å². The fourth-order valence-electron chi connectivity index (χ4n) is 3.21. The van der Waals surface area contributed by atoms with Gasteiger partial charge in [0.25, 0.3) is 0 Å². The minimum Gasteiger partial charge on any atom is -0.452 e. The lowest BCUT2D eigenvalue weighted by molar-refractivity contribution is -0.142. The monoisotopic (exact) mass is 418 g/mol. The molecule has 2 heterocycles. The lowest BCUT2D eigenvalue weighted by Gasteiger charge is -2.28. The molecule has 0 aliphatic carbocycles. The Hall–Kier alpha value is -4.43. The molecule has 31 heavy (non-hydrogen) atoms. The molecular weight excluding hydrogens is 400 g/mol. The van der Waals surface area contributed by atoms with Crippen molar-refractivity contribution < 1.29 is 23.8 Å². The van der Waals surface area contributed by atoms with E-state index in [9.17, 15) is 14.4 Å². The SMILES string of the molecule is C#CCOC(=O)CC1C(C(=O)OCC#C)=C(N)Oc2ccc(-c3cc[nH]c(=O)c3)cc21. The van der Waals surface area contributed by atoms with Crippen LogP contribution in [-0.2, 0) is 19.1 Å². The van der Waals surface area contributed by atoms with E-state index in [-0.39, 0.29) is 36.7 Å². The molecule has 0 fully saturated rings. The van der Waals surface area contributed by atoms with Gasteiger partial charge in [-0.3, -0.25) is 9.59 Å². The summed E-state index contributed by atoms with van der Waals surface area (Å²) < 4.78 is 15.6. The molecule has 0 saturated heterocycles. The smallest absolute Gasteiger partial charge is 0.341 e. The Labute approximate surface area is 178 Å². The first-order chi connectivity index (χ1) is 14.9. The van der Waals surface area contributed by atoms with E-state index in [4.69, 9.17) is 32.8 Å². The highest BCUT2D eigenvalue weighted by Gasteiger charge is 2.36. The van der Waals surface area contributed by atoms with Gasteiger partial charge < -0.3 is 24.9 Å². The largest absolute Gasteiger partial charge is 0.452 e. The first-order valence-corrected chi connectivity index (χ1v) is 9.14. The first-order valence-electron chi connectivity index (χ1n) is 9.14. The molecule has 1 aliphatic heterocycles. The third-order valence-corrected chi connectivity index (χ3v) is 4.52. The van der Waals surface area contributed by atoms with E-state index in [2.05, 4.69) is 16.8 Å². The summed E-state index contributed by atoms with van der Waals surface area (Å²) in [5, 5.41) is 0. The summed E-state index contributed by atoms with van der Waals surface area (Å²) in [6, 6.07) is 8.23. The van der Waals surface area contributed by atoms with Crippen LogP contribution in [0.4, 0.5) is 0 Å². The number of benzene rings is 1. The molecular formula is C23H18N2O6. The predicted octanol–water partition coefficient (Wildman–Crippen LogP) is 1.43. The van der Waals surface area contributed by atoms with E-state index in [1.54, 1.807) is 24.3 Å². The topological polar surface area (TPSA) is 121 Å². The van der Waals surface area contributed by atoms with Gasteiger partial charge in [0.15, 0.2) is 13.2 Å². The van der Waals surface area contributed by atoms with Gasteiger partial charge in [-0.05, 0) is 29.3 Å². The van der Waals surface area contributed by atoms with E-state index >= 15 is 0 Å². The number of rotatable bonds is 6. The maximum Gasteiger partial charge on any atom is 0.341 e. The Morgan fingerprint density at radius 2 is 1.81 bits per heavy atom. The molecule has 0 spiro atoms. The summed E-state index contributed by atoms with van der Waals surface area (Å²) in [5.41, 5.74) is 7.46. The average Bonchev–Trinajstić information content (AvgIpc) is 2.75. The highest BCUT2D eigenvalue weighted by molar-refractivity contribution is 5.93. The van der Waals surface area contributed by atoms with Crippen LogP contribution < -0.4 is 16.0 Å². The molecule has 0 bridgehead atoms. The third-order valence-electron chi connectivity index (χ3n) is 4.52. The number of nitrogens with one attached hydrogen (secondary N) is 1. The van der Waals surface area contributed by atoms with Gasteiger partial charge in [-0.15, -0.1) is 12.8 Å². The van der Waals surface area contributed by atoms with Crippen LogP contribution in [0.15, 0.2) is 52.8 Å². The van der Waals surface area contributed by atoms with Crippen molar-refractivity contribution in [1.82, 2.24) is 4.98 Å². The number of terminal acetylenes is 2. The van der Waals surface area contributed by atoms with E-state index in [1.807, 2.05) is 0 Å². The summed E-state index contributed by atoms with van der Waals surface area (Å²) >= 11 is 0. The number of hydrogen-bond acceptors (Lipinski definition) is 7. The van der Waals surface area contributed by atoms with Crippen molar-refractivity contribution in [2.24, 2.45) is 5.73 Å². The summed E-state index contributed by atoms with van der Waals surface area (Å²) in [6.07, 6.45) is 11.6. The number of pyridine rings is 1. The van der Waals surface area contributed by atoms with Crippen molar-refractivity contribution in [3.05, 3.63) is 63.9 Å². The first kappa shape index (κ1) is 21.3. The van der Waals surface area contributed by atoms with Crippen LogP contribution in [0.25, 0.3) is 11.1 Å². The maximum absolute atomic E-state index is 12.6. The van der Waals surface area contributed by atoms with Crippen molar-refractivity contribution in [3.8, 4) is 41.6 Å². The summed E-state index contributed by atoms with van der Waals surface area (Å²) in [5.74, 6) is 2.29. The number of aromatic nitrogens is 1. The van der Waals surface area contributed by atoms with Crippen molar-refractivity contribution >= 4 is 11.9 Å². The molecule has 2 aromatic rings. The zero-order valence-electron chi connectivity index (χ0n) is 16.3. The van der Waals surface area contributed by atoms with E-state index in [0.29, 0.717) is 22.4 Å². The maximum atomic E-state index is 12.6. The second-order valence-corrected chi connectivity index (χ2v) is 6.48. The zero-order valence-corrected chi connectivity index (χ0v) is 16.3. The predicted molar refractivity (Wildman–Crippen MR) is 111 cm³/mol. The minimum absolute atomic E-state index is 0.0523. The van der Waals surface area contributed by atoms with Gasteiger partial charge in [0.05, 0.1) is 6.42 Å². The fraction of sp³-hybridized carbons (Fsp3) is 0.174. The second kappa shape index (κ2) is 9.38. The zero-order chi connectivity index (χ0) is 22.4. The summed E-state index contributed by atoms with van der Waals surface area (Å²) in [7, 11) is 0. The molecule has 3 N–H and O–H groups in total. The Morgan fingerprint density at radius 1 is 1.10 bits per heavy atom. The molecule has 1 unspecified atom stereocenters. The number of hydrogen-bond donors (Lipinski definition) is 2. The van der Waals surface area contributed by atoms with Gasteiger partial charge in [0.2, 0.25) is 11.4 Å². The van der Waals surface area contributed by atoms with E-state index < -0.39 is 17.9 Å². The van der Waals surface area contributed by atoms with Gasteiger partial charge in [-0.25, -0.2) is 4.79 Å². The molecule has 1 aromatic heterocycles. The van der Waals surface area contributed by atoms with Crippen molar-refractivity contribution in [2.75, 3.05) is 13.2 Å². The Morgan fingerprint density at radius 3 is 2.52 bits per heavy atom. The number of fused-ring (bicyclic) bond motifs is 1. The van der Waals surface area contributed by atoms with Crippen LogP contribution in [-0.4, -0.2) is 30.1 Å². The molecule has 8 nitrogen and oxygen atoms in total. The minimum atomic E-state index is -0.832. The van der Waals surface area contributed by atoms with Crippen LogP contribution in [0.3, 0.4) is 0 Å². The highest BCUT2D eigenvalue weighted by atomic mass is 16.5. The van der Waals surface area contributed by atoms with Crippen molar-refractivity contribution in [3.63, 3.8) is 0 Å². The van der Waals surface area contributed by atoms with Gasteiger partial charge in [0.1, 0.15) is 11.3 Å². The number of nitrogens with two attached hydrogens (primary N) is 1. The third kappa shape index (κ3) is 4.77. The van der Waals surface area contributed by atoms with Crippen LogP contribution in [0.1, 0.15) is 17.9 Å². The Balaban J connectivity index is 2.06. The molecule has 156 valence electrons. The van der Waals surface area contributed by atoms with Crippen molar-refractivity contribution in [2.45, 2.75) is 12.3 Å². The Bertz CT molecular complexity index is 1200. The van der Waals surface area contributed by atoms with Gasteiger partial charge in [-0.1, -0.05) is 17.9 Å². The average molecular weight is 418 g/mol. The summed E-state index contributed by atoms with van der Waals surface area (Å²) in [6.45, 7) is -0.485. The molecule has 1 aromatic carbocycles. The normalized spacial score (nSPS) is 14.5. The highest BCUT2D eigenvalue weighted by Crippen LogP contribution is 2.42. The molecule has 1 aliphatic rings. The van der Waals surface area contributed by atoms with Gasteiger partial charge in [-0.2, -0.15) is 0 Å². The number of H-pyrrole nitrogens is 1. The second-order valence-electron chi connectivity index (χ2n) is 6.48. The molecule has 1 atom stereocenters. The number of carbonyl (C=O) groups excluding carboxylic acids is 2. The number of ether oxygens (including phenoxy) is 3. The molecule has 3 rings (SSSR count). The van der Waals surface area contributed by atoms with Crippen LogP contribution in [0, 0.1) is 24.7 Å². The van der Waals surface area contributed by atoms with Crippen molar-refractivity contribution in [1.29, 1.82) is 0 Å². The molecule has 0 saturated carbocycles. The van der Waals surface area contributed by atoms with E-state index in [0.717, 1.165) is 0 Å². The Kier molecular flexibility index (Phi) is 6.44. The number of carbonyl (C=O) groups is 2. The molecule has 0 amide bonds. The standard InChI is InChI=1S/C23H18N2O6/c1-3-9-29-20(27)13-17-16-11-14(15-7-8-25-19(26)12-15)5-6-18(16)31-22(24)21(17)23(28)30-10-4-2/h1-2,5-8,11-12,17H,9-10,13,24H2,(H,25,26). The van der Waals surface area contributed by atoms with Crippen LogP contribution in [0.2, 0.25) is 0 Å². The quantitative estimate of drug-likeness (QED) is 0.538. The number of aromatic amines is 1. The van der Waals surface area contributed by atoms with Crippen LogP contribution in [0.5, 0.6) is 5.75 Å². The lowest BCUT2D eigenvalue weighted by Crippen LogP contribution is -2.28. The van der Waals surface area contributed by atoms with E-state index in [1.165, 1.54) is 12.3 Å². The summed E-state index contributed by atoms with van der Waals surface area (Å²) in [4.78, 5) is 39.2.